The molecule has 0 saturated carbocycles. The Bertz CT molecular complexity index is 233. The molecule has 0 bridgehead atoms. The first-order valence-electron chi connectivity index (χ1n) is 7.23. The molecule has 0 aromatic rings. The van der Waals surface area contributed by atoms with Crippen LogP contribution in [-0.2, 0) is 8.85 Å². The molecule has 1 heterocycles. The third-order valence-electron chi connectivity index (χ3n) is 4.22. The molecule has 0 aromatic heterocycles. The highest BCUT2D eigenvalue weighted by Crippen LogP contribution is 2.34. The van der Waals surface area contributed by atoms with Gasteiger partial charge in [-0.2, -0.15) is 0 Å². The SMILES string of the molecule is CCCCCCO[Si]1(C)CCC(C)O[Si]1(C)C. The lowest BCUT2D eigenvalue weighted by Crippen LogP contribution is -2.65. The van der Waals surface area contributed by atoms with E-state index in [1.807, 2.05) is 0 Å². The van der Waals surface area contributed by atoms with E-state index in [0.717, 1.165) is 6.61 Å². The van der Waals surface area contributed by atoms with Crippen LogP contribution >= 0.6 is 0 Å². The molecule has 2 atom stereocenters. The minimum Gasteiger partial charge on any atom is -0.417 e. The molecule has 2 unspecified atom stereocenters. The second-order valence-electron chi connectivity index (χ2n) is 6.12. The van der Waals surface area contributed by atoms with Crippen molar-refractivity contribution in [1.29, 1.82) is 0 Å². The van der Waals surface area contributed by atoms with Crippen molar-refractivity contribution < 1.29 is 8.85 Å². The summed E-state index contributed by atoms with van der Waals surface area (Å²) in [5.74, 6) is 0. The van der Waals surface area contributed by atoms with E-state index in [4.69, 9.17) is 8.85 Å². The van der Waals surface area contributed by atoms with Crippen molar-refractivity contribution in [2.45, 2.75) is 77.7 Å². The fourth-order valence-corrected chi connectivity index (χ4v) is 11.5. The number of rotatable bonds is 6. The lowest BCUT2D eigenvalue weighted by atomic mass is 10.2. The van der Waals surface area contributed by atoms with Gasteiger partial charge in [0.05, 0.1) is 0 Å². The van der Waals surface area contributed by atoms with Gasteiger partial charge in [0.1, 0.15) is 0 Å². The van der Waals surface area contributed by atoms with E-state index in [2.05, 4.69) is 33.5 Å². The van der Waals surface area contributed by atoms with Crippen molar-refractivity contribution in [2.24, 2.45) is 0 Å². The smallest absolute Gasteiger partial charge is 0.207 e. The average molecular weight is 275 g/mol. The van der Waals surface area contributed by atoms with E-state index in [1.165, 1.54) is 38.1 Å². The molecule has 0 radical (unpaired) electrons. The van der Waals surface area contributed by atoms with Crippen LogP contribution < -0.4 is 0 Å². The van der Waals surface area contributed by atoms with Gasteiger partial charge in [-0.3, -0.25) is 0 Å². The zero-order valence-corrected chi connectivity index (χ0v) is 14.3. The summed E-state index contributed by atoms with van der Waals surface area (Å²) in [4.78, 5) is 0. The average Bonchev–Trinajstić information content (AvgIpc) is 2.24. The molecular formula is C13H30O2Si2. The Morgan fingerprint density at radius 1 is 1.18 bits per heavy atom. The zero-order valence-electron chi connectivity index (χ0n) is 12.3. The molecule has 0 N–H and O–H groups in total. The number of unbranched alkanes of at least 4 members (excludes halogenated alkanes) is 3. The minimum absolute atomic E-state index is 0.459. The highest BCUT2D eigenvalue weighted by Gasteiger charge is 2.52. The maximum absolute atomic E-state index is 6.36. The lowest BCUT2D eigenvalue weighted by molar-refractivity contribution is 0.188. The molecule has 1 rings (SSSR count). The van der Waals surface area contributed by atoms with Gasteiger partial charge in [0, 0.05) is 12.7 Å². The molecule has 0 aromatic carbocycles. The van der Waals surface area contributed by atoms with Crippen LogP contribution in [0.25, 0.3) is 0 Å². The highest BCUT2D eigenvalue weighted by atomic mass is 29.3. The lowest BCUT2D eigenvalue weighted by Gasteiger charge is -2.45. The predicted octanol–water partition coefficient (Wildman–Crippen LogP) is 4.25. The maximum atomic E-state index is 6.36. The van der Waals surface area contributed by atoms with Crippen molar-refractivity contribution in [3.05, 3.63) is 0 Å². The Balaban J connectivity index is 2.38. The normalized spacial score (nSPS) is 32.6. The monoisotopic (exact) mass is 274 g/mol. The van der Waals surface area contributed by atoms with Gasteiger partial charge in [-0.1, -0.05) is 26.2 Å². The molecular weight excluding hydrogens is 244 g/mol. The quantitative estimate of drug-likeness (QED) is 0.532. The van der Waals surface area contributed by atoms with Crippen LogP contribution in [0.1, 0.15) is 46.0 Å². The van der Waals surface area contributed by atoms with E-state index in [9.17, 15) is 0 Å². The van der Waals surface area contributed by atoms with Crippen LogP contribution in [0.5, 0.6) is 0 Å². The van der Waals surface area contributed by atoms with Crippen molar-refractivity contribution in [1.82, 2.24) is 0 Å². The summed E-state index contributed by atoms with van der Waals surface area (Å²) in [6, 6.07) is 1.31. The number of hydrogen-bond donors (Lipinski definition) is 0. The fourth-order valence-electron chi connectivity index (χ4n) is 2.54. The molecule has 0 amide bonds. The largest absolute Gasteiger partial charge is 0.417 e. The van der Waals surface area contributed by atoms with Gasteiger partial charge in [-0.15, -0.1) is 0 Å². The van der Waals surface area contributed by atoms with E-state index >= 15 is 0 Å². The summed E-state index contributed by atoms with van der Waals surface area (Å²) in [7, 11) is -3.11. The van der Waals surface area contributed by atoms with E-state index < -0.39 is 15.7 Å². The fraction of sp³-hybridized carbons (Fsp3) is 1.00. The summed E-state index contributed by atoms with van der Waals surface area (Å²) in [6.07, 6.45) is 6.86. The molecule has 17 heavy (non-hydrogen) atoms. The number of hydrogen-bond acceptors (Lipinski definition) is 2. The van der Waals surface area contributed by atoms with E-state index in [0.29, 0.717) is 6.10 Å². The standard InChI is InChI=1S/C13H30O2Si2/c1-6-7-8-9-11-14-17(5)12-10-13(2)15-16(17,3)4/h13H,6-12H2,1-5H3. The van der Waals surface area contributed by atoms with Crippen molar-refractivity contribution in [2.75, 3.05) is 6.61 Å². The van der Waals surface area contributed by atoms with Gasteiger partial charge < -0.3 is 8.85 Å². The van der Waals surface area contributed by atoms with Crippen LogP contribution in [0.4, 0.5) is 0 Å². The first-order valence-corrected chi connectivity index (χ1v) is 13.8. The first-order chi connectivity index (χ1) is 7.91. The Morgan fingerprint density at radius 3 is 2.47 bits per heavy atom. The summed E-state index contributed by atoms with van der Waals surface area (Å²) in [5.41, 5.74) is 0. The zero-order chi connectivity index (χ0) is 12.9. The van der Waals surface area contributed by atoms with Crippen LogP contribution in [0.2, 0.25) is 25.7 Å². The Kier molecular flexibility index (Phi) is 5.89. The molecule has 0 aliphatic carbocycles. The van der Waals surface area contributed by atoms with Gasteiger partial charge in [0.15, 0.2) is 0 Å². The Morgan fingerprint density at radius 2 is 1.88 bits per heavy atom. The summed E-state index contributed by atoms with van der Waals surface area (Å²) in [5, 5.41) is 0. The van der Waals surface area contributed by atoms with Crippen molar-refractivity contribution in [3.8, 4) is 0 Å². The minimum atomic E-state index is -1.56. The topological polar surface area (TPSA) is 18.5 Å². The third-order valence-corrected chi connectivity index (χ3v) is 19.0. The first kappa shape index (κ1) is 15.4. The highest BCUT2D eigenvalue weighted by molar-refractivity contribution is 7.36. The van der Waals surface area contributed by atoms with Crippen LogP contribution in [-0.4, -0.2) is 28.4 Å². The van der Waals surface area contributed by atoms with Gasteiger partial charge in [-0.25, -0.2) is 0 Å². The predicted molar refractivity (Wildman–Crippen MR) is 79.2 cm³/mol. The van der Waals surface area contributed by atoms with Crippen LogP contribution in [0.15, 0.2) is 0 Å². The van der Waals surface area contributed by atoms with Crippen molar-refractivity contribution >= 4 is 15.7 Å². The molecule has 4 heteroatoms. The van der Waals surface area contributed by atoms with Gasteiger partial charge >= 0.3 is 0 Å². The van der Waals surface area contributed by atoms with Crippen LogP contribution in [0.3, 0.4) is 0 Å². The van der Waals surface area contributed by atoms with Crippen LogP contribution in [0, 0.1) is 0 Å². The maximum Gasteiger partial charge on any atom is 0.207 e. The third kappa shape index (κ3) is 4.19. The molecule has 1 aliphatic heterocycles. The van der Waals surface area contributed by atoms with Crippen molar-refractivity contribution in [3.63, 3.8) is 0 Å². The second-order valence-corrected chi connectivity index (χ2v) is 19.4. The Hall–Kier alpha value is 0.354. The van der Waals surface area contributed by atoms with Gasteiger partial charge in [0.2, 0.25) is 15.7 Å². The van der Waals surface area contributed by atoms with Gasteiger partial charge in [-0.05, 0) is 45.5 Å². The molecule has 102 valence electrons. The molecule has 1 saturated heterocycles. The van der Waals surface area contributed by atoms with E-state index in [1.54, 1.807) is 0 Å². The molecule has 0 spiro atoms. The molecule has 1 aliphatic rings. The molecule has 2 nitrogen and oxygen atoms in total. The second kappa shape index (κ2) is 6.50. The summed E-state index contributed by atoms with van der Waals surface area (Å²) < 4.78 is 12.6. The molecule has 1 fully saturated rings. The Labute approximate surface area is 109 Å². The summed E-state index contributed by atoms with van der Waals surface area (Å²) >= 11 is 0. The summed E-state index contributed by atoms with van der Waals surface area (Å²) in [6.45, 7) is 12.6. The van der Waals surface area contributed by atoms with E-state index in [-0.39, 0.29) is 0 Å². The van der Waals surface area contributed by atoms with Gasteiger partial charge in [0.25, 0.3) is 0 Å².